The van der Waals surface area contributed by atoms with Crippen LogP contribution in [-0.2, 0) is 13.6 Å². The number of nitrogens with zero attached hydrogens (tertiary/aromatic N) is 5. The van der Waals surface area contributed by atoms with E-state index in [2.05, 4.69) is 33.6 Å². The molecule has 0 N–H and O–H groups in total. The molecule has 5 heteroatoms. The van der Waals surface area contributed by atoms with E-state index < -0.39 is 0 Å². The van der Waals surface area contributed by atoms with E-state index in [9.17, 15) is 0 Å². The van der Waals surface area contributed by atoms with Gasteiger partial charge in [0, 0.05) is 13.6 Å². The van der Waals surface area contributed by atoms with Crippen molar-refractivity contribution < 1.29 is 0 Å². The van der Waals surface area contributed by atoms with Gasteiger partial charge in [0.05, 0.1) is 12.5 Å². The molecule has 2 aromatic rings. The molecule has 2 aromatic heterocycles. The Balaban J connectivity index is 2.37. The van der Waals surface area contributed by atoms with E-state index in [-0.39, 0.29) is 0 Å². The van der Waals surface area contributed by atoms with Crippen LogP contribution in [0.25, 0.3) is 11.5 Å². The summed E-state index contributed by atoms with van der Waals surface area (Å²) in [4.78, 5) is 4.08. The minimum absolute atomic E-state index is 0.577. The maximum absolute atomic E-state index is 4.12. The number of hydrogen-bond donors (Lipinski definition) is 0. The first-order valence-corrected chi connectivity index (χ1v) is 5.03. The first kappa shape index (κ1) is 9.89. The standard InChI is InChI=1S/C10H15N5/c1-8(2)5-15-7-12-13-10(15)9-4-11-6-14(9)3/h4,6-8H,5H2,1-3H3. The second kappa shape index (κ2) is 3.84. The Labute approximate surface area is 88.8 Å². The molecule has 15 heavy (non-hydrogen) atoms. The number of rotatable bonds is 3. The average molecular weight is 205 g/mol. The zero-order valence-electron chi connectivity index (χ0n) is 9.25. The van der Waals surface area contributed by atoms with Gasteiger partial charge in [-0.1, -0.05) is 13.8 Å². The van der Waals surface area contributed by atoms with Crippen molar-refractivity contribution in [2.45, 2.75) is 20.4 Å². The zero-order chi connectivity index (χ0) is 10.8. The second-order valence-corrected chi connectivity index (χ2v) is 4.09. The Kier molecular flexibility index (Phi) is 2.53. The fraction of sp³-hybridized carbons (Fsp3) is 0.500. The summed E-state index contributed by atoms with van der Waals surface area (Å²) in [5.74, 6) is 1.46. The maximum Gasteiger partial charge on any atom is 0.182 e. The molecular formula is C10H15N5. The molecule has 0 radical (unpaired) electrons. The molecule has 0 atom stereocenters. The summed E-state index contributed by atoms with van der Waals surface area (Å²) in [6.45, 7) is 5.27. The maximum atomic E-state index is 4.12. The monoisotopic (exact) mass is 205 g/mol. The van der Waals surface area contributed by atoms with E-state index in [0.717, 1.165) is 18.1 Å². The van der Waals surface area contributed by atoms with Crippen LogP contribution in [0.15, 0.2) is 18.9 Å². The molecule has 0 saturated carbocycles. The van der Waals surface area contributed by atoms with Crippen LogP contribution < -0.4 is 0 Å². The summed E-state index contributed by atoms with van der Waals surface area (Å²) in [5.41, 5.74) is 0.994. The number of aromatic nitrogens is 5. The Hall–Kier alpha value is -1.65. The van der Waals surface area contributed by atoms with Crippen molar-refractivity contribution in [2.24, 2.45) is 13.0 Å². The molecule has 0 unspecified atom stereocenters. The molecule has 0 aliphatic heterocycles. The minimum atomic E-state index is 0.577. The van der Waals surface area contributed by atoms with E-state index in [4.69, 9.17) is 0 Å². The Morgan fingerprint density at radius 1 is 1.33 bits per heavy atom. The van der Waals surface area contributed by atoms with Crippen LogP contribution in [0.1, 0.15) is 13.8 Å². The quantitative estimate of drug-likeness (QED) is 0.759. The minimum Gasteiger partial charge on any atom is -0.331 e. The predicted molar refractivity (Wildman–Crippen MR) is 57.1 cm³/mol. The van der Waals surface area contributed by atoms with Crippen molar-refractivity contribution >= 4 is 0 Å². The highest BCUT2D eigenvalue weighted by Crippen LogP contribution is 2.15. The molecule has 0 aliphatic carbocycles. The van der Waals surface area contributed by atoms with Crippen LogP contribution in [0.2, 0.25) is 0 Å². The fourth-order valence-electron chi connectivity index (χ4n) is 1.55. The first-order chi connectivity index (χ1) is 7.18. The number of imidazole rings is 1. The van der Waals surface area contributed by atoms with Gasteiger partial charge in [-0.3, -0.25) is 0 Å². The molecule has 0 bridgehead atoms. The average Bonchev–Trinajstić information content (AvgIpc) is 2.73. The molecule has 80 valence electrons. The van der Waals surface area contributed by atoms with Gasteiger partial charge >= 0.3 is 0 Å². The summed E-state index contributed by atoms with van der Waals surface area (Å²) < 4.78 is 4.00. The van der Waals surface area contributed by atoms with Gasteiger partial charge < -0.3 is 9.13 Å². The van der Waals surface area contributed by atoms with Crippen LogP contribution in [0.3, 0.4) is 0 Å². The lowest BCUT2D eigenvalue weighted by Gasteiger charge is -2.08. The lowest BCUT2D eigenvalue weighted by molar-refractivity contribution is 0.524. The van der Waals surface area contributed by atoms with Gasteiger partial charge in [0.25, 0.3) is 0 Å². The molecule has 0 saturated heterocycles. The van der Waals surface area contributed by atoms with Crippen molar-refractivity contribution in [3.05, 3.63) is 18.9 Å². The largest absolute Gasteiger partial charge is 0.331 e. The summed E-state index contributed by atoms with van der Waals surface area (Å²) >= 11 is 0. The van der Waals surface area contributed by atoms with Gasteiger partial charge in [-0.05, 0) is 5.92 Å². The zero-order valence-corrected chi connectivity index (χ0v) is 9.25. The summed E-state index contributed by atoms with van der Waals surface area (Å²) in [6.07, 6.45) is 5.34. The lowest BCUT2D eigenvalue weighted by atomic mass is 10.2. The highest BCUT2D eigenvalue weighted by Gasteiger charge is 2.11. The van der Waals surface area contributed by atoms with Crippen LogP contribution in [-0.4, -0.2) is 24.3 Å². The SMILES string of the molecule is CC(C)Cn1cnnc1-c1cncn1C. The molecular weight excluding hydrogens is 190 g/mol. The van der Waals surface area contributed by atoms with Crippen molar-refractivity contribution in [1.29, 1.82) is 0 Å². The Bertz CT molecular complexity index is 440. The third-order valence-electron chi connectivity index (χ3n) is 2.22. The molecule has 5 nitrogen and oxygen atoms in total. The van der Waals surface area contributed by atoms with E-state index in [1.807, 2.05) is 11.6 Å². The van der Waals surface area contributed by atoms with E-state index in [1.54, 1.807) is 18.9 Å². The molecule has 0 aromatic carbocycles. The summed E-state index contributed by atoms with van der Waals surface area (Å²) in [7, 11) is 1.96. The second-order valence-electron chi connectivity index (χ2n) is 4.09. The molecule has 0 fully saturated rings. The fourth-order valence-corrected chi connectivity index (χ4v) is 1.55. The normalized spacial score (nSPS) is 11.2. The third-order valence-corrected chi connectivity index (χ3v) is 2.22. The molecule has 0 aliphatic rings. The van der Waals surface area contributed by atoms with Gasteiger partial charge in [-0.25, -0.2) is 4.98 Å². The van der Waals surface area contributed by atoms with Gasteiger partial charge in [-0.2, -0.15) is 0 Å². The topological polar surface area (TPSA) is 48.5 Å². The molecule has 0 amide bonds. The van der Waals surface area contributed by atoms with E-state index >= 15 is 0 Å². The van der Waals surface area contributed by atoms with Gasteiger partial charge in [0.15, 0.2) is 5.82 Å². The van der Waals surface area contributed by atoms with E-state index in [0.29, 0.717) is 5.92 Å². The van der Waals surface area contributed by atoms with Crippen molar-refractivity contribution in [3.63, 3.8) is 0 Å². The smallest absolute Gasteiger partial charge is 0.182 e. The summed E-state index contributed by atoms with van der Waals surface area (Å²) in [6, 6.07) is 0. The van der Waals surface area contributed by atoms with Crippen LogP contribution in [0, 0.1) is 5.92 Å². The van der Waals surface area contributed by atoms with Crippen molar-refractivity contribution in [3.8, 4) is 11.5 Å². The van der Waals surface area contributed by atoms with E-state index in [1.165, 1.54) is 0 Å². The summed E-state index contributed by atoms with van der Waals surface area (Å²) in [5, 5.41) is 8.07. The highest BCUT2D eigenvalue weighted by atomic mass is 15.3. The number of aryl methyl sites for hydroxylation is 1. The first-order valence-electron chi connectivity index (χ1n) is 5.03. The van der Waals surface area contributed by atoms with Crippen molar-refractivity contribution in [1.82, 2.24) is 24.3 Å². The third kappa shape index (κ3) is 1.91. The van der Waals surface area contributed by atoms with Gasteiger partial charge in [0.1, 0.15) is 12.0 Å². The van der Waals surface area contributed by atoms with Crippen LogP contribution in [0.5, 0.6) is 0 Å². The molecule has 0 spiro atoms. The number of hydrogen-bond acceptors (Lipinski definition) is 3. The molecule has 2 heterocycles. The van der Waals surface area contributed by atoms with Gasteiger partial charge in [-0.15, -0.1) is 10.2 Å². The van der Waals surface area contributed by atoms with Crippen molar-refractivity contribution in [2.75, 3.05) is 0 Å². The van der Waals surface area contributed by atoms with Crippen LogP contribution >= 0.6 is 0 Å². The Morgan fingerprint density at radius 2 is 2.13 bits per heavy atom. The lowest BCUT2D eigenvalue weighted by Crippen LogP contribution is -2.06. The Morgan fingerprint density at radius 3 is 2.73 bits per heavy atom. The van der Waals surface area contributed by atoms with Crippen LogP contribution in [0.4, 0.5) is 0 Å². The van der Waals surface area contributed by atoms with Gasteiger partial charge in [0.2, 0.25) is 0 Å². The highest BCUT2D eigenvalue weighted by molar-refractivity contribution is 5.48. The predicted octanol–water partition coefficient (Wildman–Crippen LogP) is 1.33. The molecule has 2 rings (SSSR count).